The molecule has 4 aliphatic rings. The van der Waals surface area contributed by atoms with Gasteiger partial charge in [0.25, 0.3) is 0 Å². The maximum atomic E-state index is 10.8. The van der Waals surface area contributed by atoms with Crippen molar-refractivity contribution in [2.75, 3.05) is 19.3 Å². The van der Waals surface area contributed by atoms with Crippen molar-refractivity contribution in [3.8, 4) is 11.5 Å². The van der Waals surface area contributed by atoms with Crippen LogP contribution in [0.1, 0.15) is 34.2 Å². The van der Waals surface area contributed by atoms with E-state index in [1.54, 1.807) is 11.3 Å². The number of phenols is 1. The molecule has 1 spiro atoms. The molecule has 6 rings (SSSR count). The third-order valence-corrected chi connectivity index (χ3v) is 10.1. The van der Waals surface area contributed by atoms with Gasteiger partial charge in [-0.05, 0) is 76.2 Å². The quantitative estimate of drug-likeness (QED) is 0.578. The molecule has 1 fully saturated rings. The summed E-state index contributed by atoms with van der Waals surface area (Å²) in [6.45, 7) is 1.03. The standard InChI is InChI=1S/C18H17Br2N3O2S/c1-23-3-2-18-7-5-9-13(22-17(21)26-9)16(18)25-15-10(18)6(4-8(7)23)11(19)12(20)14(15)24/h7-8,16,24H,2-5H2,1H3,(H2,21,22)/t7-,8-,16-,18-/m0/s1. The summed E-state index contributed by atoms with van der Waals surface area (Å²) in [4.78, 5) is 8.40. The number of fused-ring (bicyclic) bond motifs is 2. The Balaban J connectivity index is 1.72. The van der Waals surface area contributed by atoms with Crippen molar-refractivity contribution in [3.05, 3.63) is 30.6 Å². The number of aromatic hydroxyl groups is 1. The Morgan fingerprint density at radius 3 is 2.96 bits per heavy atom. The summed E-state index contributed by atoms with van der Waals surface area (Å²) < 4.78 is 8.13. The maximum Gasteiger partial charge on any atom is 0.180 e. The Morgan fingerprint density at radius 2 is 2.15 bits per heavy atom. The van der Waals surface area contributed by atoms with Crippen LogP contribution in [0.15, 0.2) is 8.95 Å². The van der Waals surface area contributed by atoms with Gasteiger partial charge in [0.1, 0.15) is 0 Å². The zero-order chi connectivity index (χ0) is 18.0. The lowest BCUT2D eigenvalue weighted by molar-refractivity contribution is -0.0250. The first-order valence-corrected chi connectivity index (χ1v) is 11.2. The first kappa shape index (κ1) is 16.2. The molecule has 5 nitrogen and oxygen atoms in total. The summed E-state index contributed by atoms with van der Waals surface area (Å²) in [6, 6.07) is 0.456. The van der Waals surface area contributed by atoms with E-state index in [2.05, 4.69) is 48.8 Å². The Kier molecular flexibility index (Phi) is 3.08. The van der Waals surface area contributed by atoms with E-state index in [1.165, 1.54) is 16.0 Å². The summed E-state index contributed by atoms with van der Waals surface area (Å²) in [6.07, 6.45) is 2.82. The molecular weight excluding hydrogens is 482 g/mol. The lowest BCUT2D eigenvalue weighted by Gasteiger charge is -2.57. The van der Waals surface area contributed by atoms with Crippen molar-refractivity contribution in [1.29, 1.82) is 0 Å². The minimum atomic E-state index is -0.151. The molecule has 1 saturated heterocycles. The van der Waals surface area contributed by atoms with E-state index in [0.717, 1.165) is 36.0 Å². The van der Waals surface area contributed by atoms with E-state index in [1.807, 2.05) is 0 Å². The van der Waals surface area contributed by atoms with Gasteiger partial charge >= 0.3 is 0 Å². The van der Waals surface area contributed by atoms with Gasteiger partial charge in [-0.2, -0.15) is 0 Å². The second-order valence-corrected chi connectivity index (χ2v) is 10.6. The van der Waals surface area contributed by atoms with Gasteiger partial charge in [0.05, 0.1) is 10.2 Å². The number of aromatic nitrogens is 1. The minimum Gasteiger partial charge on any atom is -0.503 e. The van der Waals surface area contributed by atoms with Crippen molar-refractivity contribution in [2.24, 2.45) is 5.92 Å². The topological polar surface area (TPSA) is 71.6 Å². The minimum absolute atomic E-state index is 0.117. The largest absolute Gasteiger partial charge is 0.503 e. The van der Waals surface area contributed by atoms with Crippen LogP contribution < -0.4 is 10.5 Å². The van der Waals surface area contributed by atoms with Crippen molar-refractivity contribution < 1.29 is 9.84 Å². The molecule has 0 radical (unpaired) electrons. The third-order valence-electron chi connectivity index (χ3n) is 6.96. The number of likely N-dealkylation sites (N-methyl/N-ethyl adjacent to an activating group) is 1. The van der Waals surface area contributed by atoms with Gasteiger partial charge in [0.15, 0.2) is 22.7 Å². The van der Waals surface area contributed by atoms with Crippen molar-refractivity contribution in [2.45, 2.75) is 36.8 Å². The number of ether oxygens (including phenoxy) is 1. The number of phenolic OH excluding ortho intramolecular Hbond substituents is 1. The summed E-state index contributed by atoms with van der Waals surface area (Å²) in [5.74, 6) is 1.30. The number of rotatable bonds is 0. The van der Waals surface area contributed by atoms with Crippen LogP contribution in [0.25, 0.3) is 0 Å². The van der Waals surface area contributed by atoms with Crippen molar-refractivity contribution in [1.82, 2.24) is 9.88 Å². The van der Waals surface area contributed by atoms with E-state index in [-0.39, 0.29) is 17.3 Å². The number of nitrogens with two attached hydrogens (primary N) is 1. The van der Waals surface area contributed by atoms with Gasteiger partial charge in [0, 0.05) is 26.4 Å². The molecule has 0 unspecified atom stereocenters. The molecular formula is C18H17Br2N3O2S. The Bertz CT molecular complexity index is 994. The van der Waals surface area contributed by atoms with Crippen LogP contribution in [0.3, 0.4) is 0 Å². The lowest BCUT2D eigenvalue weighted by Crippen LogP contribution is -2.62. The highest BCUT2D eigenvalue weighted by molar-refractivity contribution is 9.13. The number of thiazole rings is 1. The fourth-order valence-electron chi connectivity index (χ4n) is 5.91. The molecule has 26 heavy (non-hydrogen) atoms. The molecule has 2 aliphatic carbocycles. The molecule has 1 aromatic heterocycles. The first-order valence-electron chi connectivity index (χ1n) is 8.78. The van der Waals surface area contributed by atoms with Gasteiger partial charge in [0.2, 0.25) is 0 Å². The lowest BCUT2D eigenvalue weighted by atomic mass is 9.52. The Morgan fingerprint density at radius 1 is 1.35 bits per heavy atom. The summed E-state index contributed by atoms with van der Waals surface area (Å²) in [5.41, 5.74) is 9.42. The number of piperidine rings is 1. The fourth-order valence-corrected chi connectivity index (χ4v) is 7.80. The summed E-state index contributed by atoms with van der Waals surface area (Å²) in [7, 11) is 2.23. The fraction of sp³-hybridized carbons (Fsp3) is 0.500. The Labute approximate surface area is 171 Å². The maximum absolute atomic E-state index is 10.8. The van der Waals surface area contributed by atoms with Gasteiger partial charge < -0.3 is 20.5 Å². The number of nitrogens with zero attached hydrogens (tertiary/aromatic N) is 2. The molecule has 0 amide bonds. The van der Waals surface area contributed by atoms with E-state index < -0.39 is 0 Å². The third kappa shape index (κ3) is 1.65. The zero-order valence-corrected chi connectivity index (χ0v) is 18.0. The van der Waals surface area contributed by atoms with Crippen LogP contribution in [-0.2, 0) is 18.3 Å². The van der Waals surface area contributed by atoms with Gasteiger partial charge in [-0.3, -0.25) is 0 Å². The molecule has 0 saturated carbocycles. The Hall–Kier alpha value is -0.830. The number of benzene rings is 1. The molecule has 3 heterocycles. The molecule has 2 aromatic rings. The number of likely N-dealkylation sites (tertiary alicyclic amines) is 1. The number of halogens is 2. The number of anilines is 1. The van der Waals surface area contributed by atoms with E-state index in [4.69, 9.17) is 10.5 Å². The van der Waals surface area contributed by atoms with Crippen molar-refractivity contribution >= 4 is 48.3 Å². The normalized spacial score (nSPS) is 33.6. The highest BCUT2D eigenvalue weighted by atomic mass is 79.9. The van der Waals surface area contributed by atoms with Crippen molar-refractivity contribution in [3.63, 3.8) is 0 Å². The summed E-state index contributed by atoms with van der Waals surface area (Å²) >= 11 is 8.87. The number of nitrogen functional groups attached to an aromatic ring is 1. The molecule has 2 bridgehead atoms. The van der Waals surface area contributed by atoms with Gasteiger partial charge in [-0.1, -0.05) is 0 Å². The highest BCUT2D eigenvalue weighted by Crippen LogP contribution is 2.69. The SMILES string of the molecule is CN1CC[C@]23c4c5c(Br)c(Br)c(O)c4O[C@H]2c2nc(N)sc2C[C@H]3[C@@H]1C5. The smallest absolute Gasteiger partial charge is 0.180 e. The summed E-state index contributed by atoms with van der Waals surface area (Å²) in [5, 5.41) is 11.4. The molecule has 4 atom stereocenters. The average molecular weight is 499 g/mol. The van der Waals surface area contributed by atoms with E-state index >= 15 is 0 Å². The van der Waals surface area contributed by atoms with Crippen LogP contribution in [0.2, 0.25) is 0 Å². The zero-order valence-electron chi connectivity index (χ0n) is 14.1. The first-order chi connectivity index (χ1) is 12.4. The molecule has 136 valence electrons. The van der Waals surface area contributed by atoms with E-state index in [9.17, 15) is 5.11 Å². The van der Waals surface area contributed by atoms with Crippen LogP contribution >= 0.6 is 43.2 Å². The van der Waals surface area contributed by atoms with Gasteiger partial charge in [-0.25, -0.2) is 4.98 Å². The predicted molar refractivity (Wildman–Crippen MR) is 107 cm³/mol. The van der Waals surface area contributed by atoms with Crippen LogP contribution in [-0.4, -0.2) is 34.6 Å². The average Bonchev–Trinajstić information content (AvgIpc) is 3.14. The second kappa shape index (κ2) is 4.96. The predicted octanol–water partition coefficient (Wildman–Crippen LogP) is 3.76. The van der Waals surface area contributed by atoms with Crippen LogP contribution in [0.5, 0.6) is 11.5 Å². The second-order valence-electron chi connectivity index (χ2n) is 7.87. The number of hydrogen-bond donors (Lipinski definition) is 2. The molecule has 2 aliphatic heterocycles. The van der Waals surface area contributed by atoms with Crippen LogP contribution in [0.4, 0.5) is 5.13 Å². The van der Waals surface area contributed by atoms with Gasteiger partial charge in [-0.15, -0.1) is 11.3 Å². The molecule has 1 aromatic carbocycles. The number of hydrogen-bond acceptors (Lipinski definition) is 6. The van der Waals surface area contributed by atoms with E-state index in [0.29, 0.717) is 27.3 Å². The molecule has 3 N–H and O–H groups in total. The van der Waals surface area contributed by atoms with Crippen LogP contribution in [0, 0.1) is 5.92 Å². The molecule has 8 heteroatoms. The highest BCUT2D eigenvalue weighted by Gasteiger charge is 2.66. The monoisotopic (exact) mass is 497 g/mol.